The van der Waals surface area contributed by atoms with E-state index in [4.69, 9.17) is 0 Å². The number of nitrogens with zero attached hydrogens (tertiary/aromatic N) is 2. The molecule has 1 aliphatic rings. The zero-order valence-corrected chi connectivity index (χ0v) is 18.5. The molecule has 1 heterocycles. The third kappa shape index (κ3) is 6.93. The van der Waals surface area contributed by atoms with Gasteiger partial charge in [0.15, 0.2) is 0 Å². The molecule has 11 heteroatoms. The van der Waals surface area contributed by atoms with Gasteiger partial charge in [-0.3, -0.25) is 9.59 Å². The molecule has 7 nitrogen and oxygen atoms in total. The van der Waals surface area contributed by atoms with E-state index in [0.29, 0.717) is 18.0 Å². The van der Waals surface area contributed by atoms with Crippen LogP contribution in [0.5, 0.6) is 0 Å². The highest BCUT2D eigenvalue weighted by atomic mass is 32.2. The first kappa shape index (κ1) is 25.1. The maximum atomic E-state index is 12.9. The van der Waals surface area contributed by atoms with Gasteiger partial charge in [-0.25, -0.2) is 8.42 Å². The quantitative estimate of drug-likeness (QED) is 0.580. The molecule has 2 rings (SSSR count). The number of amides is 1. The van der Waals surface area contributed by atoms with Crippen LogP contribution in [0.3, 0.4) is 0 Å². The van der Waals surface area contributed by atoms with Gasteiger partial charge in [-0.2, -0.15) is 17.5 Å². The van der Waals surface area contributed by atoms with Crippen LogP contribution in [-0.4, -0.2) is 69.0 Å². The maximum Gasteiger partial charge on any atom is 0.406 e. The molecule has 31 heavy (non-hydrogen) atoms. The van der Waals surface area contributed by atoms with Crippen LogP contribution in [-0.2, 0) is 19.6 Å². The number of carbonyl (C=O) groups is 2. The number of benzene rings is 1. The van der Waals surface area contributed by atoms with Crippen molar-refractivity contribution in [3.8, 4) is 0 Å². The Hall–Kier alpha value is -2.14. The van der Waals surface area contributed by atoms with E-state index >= 15 is 0 Å². The molecule has 1 aromatic rings. The lowest BCUT2D eigenvalue weighted by Crippen LogP contribution is -2.42. The first-order chi connectivity index (χ1) is 14.3. The molecule has 0 radical (unpaired) electrons. The Balaban J connectivity index is 2.20. The number of hydrogen-bond donors (Lipinski definition) is 0. The summed E-state index contributed by atoms with van der Waals surface area (Å²) >= 11 is 0. The van der Waals surface area contributed by atoms with Crippen molar-refractivity contribution < 1.29 is 35.9 Å². The number of ether oxygens (including phenoxy) is 1. The second kappa shape index (κ2) is 9.99. The van der Waals surface area contributed by atoms with E-state index in [2.05, 4.69) is 4.74 Å². The number of esters is 1. The lowest BCUT2D eigenvalue weighted by atomic mass is 9.94. The van der Waals surface area contributed by atoms with Crippen LogP contribution in [0.4, 0.5) is 13.2 Å². The van der Waals surface area contributed by atoms with Gasteiger partial charge in [-0.05, 0) is 42.5 Å². The van der Waals surface area contributed by atoms with Gasteiger partial charge in [0.25, 0.3) is 5.91 Å². The number of carbonyl (C=O) groups excluding carboxylic acids is 2. The number of halogens is 3. The third-order valence-corrected chi connectivity index (χ3v) is 6.89. The van der Waals surface area contributed by atoms with Gasteiger partial charge in [0.2, 0.25) is 10.0 Å². The molecule has 1 amide bonds. The summed E-state index contributed by atoms with van der Waals surface area (Å²) in [6.45, 7) is 2.72. The lowest BCUT2D eigenvalue weighted by Gasteiger charge is -2.34. The van der Waals surface area contributed by atoms with E-state index in [0.717, 1.165) is 13.5 Å². The molecule has 0 N–H and O–H groups in total. The first-order valence-electron chi connectivity index (χ1n) is 9.86. The molecule has 0 aliphatic carbocycles. The fourth-order valence-electron chi connectivity index (χ4n) is 3.70. The Morgan fingerprint density at radius 2 is 1.68 bits per heavy atom. The van der Waals surface area contributed by atoms with Crippen LogP contribution in [0.1, 0.15) is 37.0 Å². The molecular weight excluding hydrogens is 437 g/mol. The molecule has 1 saturated heterocycles. The van der Waals surface area contributed by atoms with Gasteiger partial charge in [0.1, 0.15) is 6.54 Å². The van der Waals surface area contributed by atoms with Gasteiger partial charge >= 0.3 is 12.1 Å². The van der Waals surface area contributed by atoms with E-state index < -0.39 is 47.6 Å². The highest BCUT2D eigenvalue weighted by molar-refractivity contribution is 7.89. The van der Waals surface area contributed by atoms with E-state index in [1.807, 2.05) is 13.8 Å². The Labute approximate surface area is 180 Å². The second-order valence-electron chi connectivity index (χ2n) is 7.96. The summed E-state index contributed by atoms with van der Waals surface area (Å²) in [4.78, 5) is 24.3. The van der Waals surface area contributed by atoms with Crippen LogP contribution >= 0.6 is 0 Å². The van der Waals surface area contributed by atoms with Crippen LogP contribution in [0.15, 0.2) is 29.2 Å². The smallest absolute Gasteiger partial charge is 0.406 e. The molecule has 1 fully saturated rings. The summed E-state index contributed by atoms with van der Waals surface area (Å²) in [6, 6.07) is 4.82. The highest BCUT2D eigenvalue weighted by Gasteiger charge is 2.34. The number of piperidine rings is 1. The minimum absolute atomic E-state index is 0.0257. The average Bonchev–Trinajstić information content (AvgIpc) is 2.68. The number of sulfonamides is 1. The van der Waals surface area contributed by atoms with Gasteiger partial charge in [0.05, 0.1) is 18.4 Å². The van der Waals surface area contributed by atoms with Crippen LogP contribution in [0.2, 0.25) is 0 Å². The van der Waals surface area contributed by atoms with Crippen molar-refractivity contribution in [3.63, 3.8) is 0 Å². The van der Waals surface area contributed by atoms with E-state index in [9.17, 15) is 31.2 Å². The number of hydrogen-bond acceptors (Lipinski definition) is 5. The zero-order valence-electron chi connectivity index (χ0n) is 17.7. The van der Waals surface area contributed by atoms with Gasteiger partial charge in [0, 0.05) is 25.2 Å². The minimum atomic E-state index is -4.66. The van der Waals surface area contributed by atoms with Crippen molar-refractivity contribution in [1.29, 1.82) is 0 Å². The fraction of sp³-hybridized carbons (Fsp3) is 0.600. The lowest BCUT2D eigenvalue weighted by molar-refractivity contribution is -0.147. The minimum Gasteiger partial charge on any atom is -0.469 e. The number of alkyl halides is 3. The molecule has 1 aliphatic heterocycles. The summed E-state index contributed by atoms with van der Waals surface area (Å²) in [5.41, 5.74) is -0.103. The normalized spacial score (nSPS) is 20.3. The Morgan fingerprint density at radius 1 is 1.13 bits per heavy atom. The van der Waals surface area contributed by atoms with Crippen molar-refractivity contribution in [2.45, 2.75) is 37.8 Å². The van der Waals surface area contributed by atoms with Crippen molar-refractivity contribution in [1.82, 2.24) is 9.21 Å². The van der Waals surface area contributed by atoms with Crippen molar-refractivity contribution in [2.24, 2.45) is 11.8 Å². The molecular formula is C20H27F3N2O5S. The summed E-state index contributed by atoms with van der Waals surface area (Å²) in [7, 11) is -2.68. The largest absolute Gasteiger partial charge is 0.469 e. The van der Waals surface area contributed by atoms with Crippen LogP contribution < -0.4 is 0 Å². The summed E-state index contributed by atoms with van der Waals surface area (Å²) in [5, 5.41) is 0. The topological polar surface area (TPSA) is 84.0 Å². The molecule has 0 bridgehead atoms. The van der Waals surface area contributed by atoms with E-state index in [-0.39, 0.29) is 22.3 Å². The molecule has 0 saturated carbocycles. The first-order valence-corrected chi connectivity index (χ1v) is 11.3. The molecule has 1 aromatic carbocycles. The van der Waals surface area contributed by atoms with Gasteiger partial charge < -0.3 is 9.64 Å². The average molecular weight is 465 g/mol. The predicted octanol–water partition coefficient (Wildman–Crippen LogP) is 2.92. The maximum absolute atomic E-state index is 12.9. The Kier molecular flexibility index (Phi) is 8.09. The van der Waals surface area contributed by atoms with Crippen LogP contribution in [0.25, 0.3) is 0 Å². The SMILES string of the molecule is COC(=O)CCN(CC(F)(F)F)C(=O)c1ccc(S(=O)(=O)N2C[C@H](C)C[C@@H](C)C2)cc1. The highest BCUT2D eigenvalue weighted by Crippen LogP contribution is 2.27. The van der Waals surface area contributed by atoms with E-state index in [1.54, 1.807) is 0 Å². The number of methoxy groups -OCH3 is 1. The van der Waals surface area contributed by atoms with Gasteiger partial charge in [-0.1, -0.05) is 13.8 Å². The molecule has 174 valence electrons. The second-order valence-corrected chi connectivity index (χ2v) is 9.90. The van der Waals surface area contributed by atoms with Crippen molar-refractivity contribution in [3.05, 3.63) is 29.8 Å². The molecule has 0 spiro atoms. The standard InChI is InChI=1S/C20H27F3N2O5S/c1-14-10-15(2)12-25(11-14)31(28,29)17-6-4-16(5-7-17)19(27)24(13-20(21,22)23)9-8-18(26)30-3/h4-7,14-15H,8-13H2,1-3H3/t14-,15-/m1/s1. The monoisotopic (exact) mass is 464 g/mol. The van der Waals surface area contributed by atoms with Gasteiger partial charge in [-0.15, -0.1) is 0 Å². The zero-order chi connectivity index (χ0) is 23.4. The number of rotatable bonds is 7. The van der Waals surface area contributed by atoms with Crippen LogP contribution in [0, 0.1) is 11.8 Å². The summed E-state index contributed by atoms with van der Waals surface area (Å²) < 4.78 is 70.3. The van der Waals surface area contributed by atoms with Crippen molar-refractivity contribution >= 4 is 21.9 Å². The summed E-state index contributed by atoms with van der Waals surface area (Å²) in [5.74, 6) is -1.27. The van der Waals surface area contributed by atoms with Crippen molar-refractivity contribution in [2.75, 3.05) is 33.3 Å². The summed E-state index contributed by atoms with van der Waals surface area (Å²) in [6.07, 6.45) is -4.12. The molecule has 2 atom stereocenters. The fourth-order valence-corrected chi connectivity index (χ4v) is 5.38. The Bertz CT molecular complexity index is 877. The molecule has 0 unspecified atom stereocenters. The molecule has 0 aromatic heterocycles. The Morgan fingerprint density at radius 3 is 2.16 bits per heavy atom. The third-order valence-electron chi connectivity index (χ3n) is 5.05. The van der Waals surface area contributed by atoms with E-state index in [1.165, 1.54) is 28.6 Å². The predicted molar refractivity (Wildman–Crippen MR) is 107 cm³/mol.